The zero-order valence-electron chi connectivity index (χ0n) is 10.5. The Hall–Kier alpha value is -0.940. The Bertz CT molecular complexity index is 656. The summed E-state index contributed by atoms with van der Waals surface area (Å²) in [6, 6.07) is 10.0. The van der Waals surface area contributed by atoms with E-state index in [2.05, 4.69) is 21.2 Å². The Balaban J connectivity index is 1.99. The van der Waals surface area contributed by atoms with E-state index in [-0.39, 0.29) is 12.5 Å². The highest BCUT2D eigenvalue weighted by Crippen LogP contribution is 2.36. The molecule has 0 aromatic heterocycles. The van der Waals surface area contributed by atoms with Crippen molar-refractivity contribution >= 4 is 62.3 Å². The first kappa shape index (κ1) is 16.4. The van der Waals surface area contributed by atoms with Crippen LogP contribution in [0.1, 0.15) is 0 Å². The highest BCUT2D eigenvalue weighted by atomic mass is 79.9. The largest absolute Gasteiger partial charge is 0.481 e. The van der Waals surface area contributed by atoms with Gasteiger partial charge in [0.1, 0.15) is 0 Å². The Kier molecular flexibility index (Phi) is 5.76. The third kappa shape index (κ3) is 4.78. The minimum absolute atomic E-state index is 0.188. The van der Waals surface area contributed by atoms with Gasteiger partial charge in [-0.15, -0.1) is 0 Å². The lowest BCUT2D eigenvalue weighted by atomic mass is 10.3. The number of rotatable bonds is 4. The van der Waals surface area contributed by atoms with Crippen LogP contribution in [0.15, 0.2) is 40.9 Å². The smallest absolute Gasteiger partial charge is 0.262 e. The number of anilines is 1. The number of halogens is 4. The standard InChI is InChI=1S/C14H9BrCl3NO2/c15-11-5-9(17)6-12(18)14(11)21-7-13(20)19-10-3-1-2-8(16)4-10/h1-6H,7H2,(H,19,20). The lowest BCUT2D eigenvalue weighted by molar-refractivity contribution is -0.118. The second kappa shape index (κ2) is 7.36. The summed E-state index contributed by atoms with van der Waals surface area (Å²) in [4.78, 5) is 11.8. The van der Waals surface area contributed by atoms with E-state index in [9.17, 15) is 4.79 Å². The average Bonchev–Trinajstić information content (AvgIpc) is 2.37. The number of ether oxygens (including phenoxy) is 1. The molecular weight excluding hydrogens is 400 g/mol. The number of benzene rings is 2. The van der Waals surface area contributed by atoms with Gasteiger partial charge in [0.15, 0.2) is 12.4 Å². The van der Waals surface area contributed by atoms with E-state index in [1.807, 2.05) is 0 Å². The number of nitrogens with one attached hydrogen (secondary N) is 1. The topological polar surface area (TPSA) is 38.3 Å². The van der Waals surface area contributed by atoms with Crippen LogP contribution in [0.25, 0.3) is 0 Å². The fourth-order valence-electron chi connectivity index (χ4n) is 1.57. The zero-order valence-corrected chi connectivity index (χ0v) is 14.4. The van der Waals surface area contributed by atoms with Crippen LogP contribution in [0.3, 0.4) is 0 Å². The second-order valence-electron chi connectivity index (χ2n) is 4.05. The highest BCUT2D eigenvalue weighted by Gasteiger charge is 2.11. The van der Waals surface area contributed by atoms with E-state index in [1.165, 1.54) is 6.07 Å². The molecule has 0 aliphatic carbocycles. The quantitative estimate of drug-likeness (QED) is 0.732. The van der Waals surface area contributed by atoms with Gasteiger partial charge in [-0.3, -0.25) is 4.79 Å². The van der Waals surface area contributed by atoms with Gasteiger partial charge in [-0.05, 0) is 46.3 Å². The summed E-state index contributed by atoms with van der Waals surface area (Å²) in [5, 5.41) is 4.01. The third-order valence-electron chi connectivity index (χ3n) is 2.42. The second-order valence-corrected chi connectivity index (χ2v) is 6.18. The minimum atomic E-state index is -0.324. The van der Waals surface area contributed by atoms with E-state index in [0.717, 1.165) is 0 Å². The van der Waals surface area contributed by atoms with Crippen molar-refractivity contribution < 1.29 is 9.53 Å². The molecule has 0 bridgehead atoms. The van der Waals surface area contributed by atoms with Gasteiger partial charge in [-0.2, -0.15) is 0 Å². The van der Waals surface area contributed by atoms with Crippen LogP contribution in [0.5, 0.6) is 5.75 Å². The molecule has 0 aliphatic rings. The van der Waals surface area contributed by atoms with Gasteiger partial charge >= 0.3 is 0 Å². The molecule has 21 heavy (non-hydrogen) atoms. The molecule has 0 fully saturated rings. The molecule has 0 unspecified atom stereocenters. The molecule has 0 atom stereocenters. The van der Waals surface area contributed by atoms with Crippen molar-refractivity contribution in [3.8, 4) is 5.75 Å². The zero-order chi connectivity index (χ0) is 15.4. The number of amides is 1. The molecule has 0 radical (unpaired) electrons. The normalized spacial score (nSPS) is 10.3. The first-order valence-electron chi connectivity index (χ1n) is 5.78. The van der Waals surface area contributed by atoms with Crippen molar-refractivity contribution in [2.75, 3.05) is 11.9 Å². The van der Waals surface area contributed by atoms with E-state index in [1.54, 1.807) is 30.3 Å². The Morgan fingerprint density at radius 2 is 1.90 bits per heavy atom. The van der Waals surface area contributed by atoms with Gasteiger partial charge in [0.05, 0.1) is 9.50 Å². The highest BCUT2D eigenvalue weighted by molar-refractivity contribution is 9.10. The van der Waals surface area contributed by atoms with Crippen molar-refractivity contribution in [1.82, 2.24) is 0 Å². The van der Waals surface area contributed by atoms with E-state index in [4.69, 9.17) is 39.5 Å². The summed E-state index contributed by atoms with van der Waals surface area (Å²) in [5.74, 6) is 0.0393. The maximum atomic E-state index is 11.8. The van der Waals surface area contributed by atoms with Gasteiger partial charge in [0.2, 0.25) is 0 Å². The minimum Gasteiger partial charge on any atom is -0.481 e. The van der Waals surface area contributed by atoms with Gasteiger partial charge in [-0.1, -0.05) is 40.9 Å². The SMILES string of the molecule is O=C(COc1c(Cl)cc(Cl)cc1Br)Nc1cccc(Cl)c1. The molecule has 0 spiro atoms. The maximum Gasteiger partial charge on any atom is 0.262 e. The first-order valence-corrected chi connectivity index (χ1v) is 7.71. The van der Waals surface area contributed by atoms with Crippen LogP contribution in [-0.4, -0.2) is 12.5 Å². The van der Waals surface area contributed by atoms with Crippen molar-refractivity contribution in [1.29, 1.82) is 0 Å². The summed E-state index contributed by atoms with van der Waals surface area (Å²) < 4.78 is 5.98. The Morgan fingerprint density at radius 3 is 2.57 bits per heavy atom. The molecule has 0 aliphatic heterocycles. The molecule has 2 aromatic rings. The summed E-state index contributed by atoms with van der Waals surface area (Å²) in [5.41, 5.74) is 0.595. The lowest BCUT2D eigenvalue weighted by Gasteiger charge is -2.11. The van der Waals surface area contributed by atoms with E-state index < -0.39 is 0 Å². The molecule has 0 saturated carbocycles. The Labute approximate surface area is 145 Å². The summed E-state index contributed by atoms with van der Waals surface area (Å²) in [6.45, 7) is -0.188. The number of hydrogen-bond donors (Lipinski definition) is 1. The van der Waals surface area contributed by atoms with Gasteiger partial charge in [0, 0.05) is 15.7 Å². The molecule has 2 rings (SSSR count). The molecule has 0 saturated heterocycles. The average molecular weight is 409 g/mol. The van der Waals surface area contributed by atoms with Crippen LogP contribution in [0.2, 0.25) is 15.1 Å². The van der Waals surface area contributed by atoms with E-state index in [0.29, 0.717) is 31.0 Å². The summed E-state index contributed by atoms with van der Waals surface area (Å²) in [7, 11) is 0. The fraction of sp³-hybridized carbons (Fsp3) is 0.0714. The number of carbonyl (C=O) groups excluding carboxylic acids is 1. The lowest BCUT2D eigenvalue weighted by Crippen LogP contribution is -2.20. The van der Waals surface area contributed by atoms with Crippen molar-refractivity contribution in [2.24, 2.45) is 0 Å². The van der Waals surface area contributed by atoms with Crippen LogP contribution >= 0.6 is 50.7 Å². The predicted octanol–water partition coefficient (Wildman–Crippen LogP) is 5.43. The van der Waals surface area contributed by atoms with Crippen LogP contribution in [0, 0.1) is 0 Å². The molecule has 7 heteroatoms. The summed E-state index contributed by atoms with van der Waals surface area (Å²) >= 11 is 21.0. The maximum absolute atomic E-state index is 11.8. The van der Waals surface area contributed by atoms with Crippen LogP contribution in [0.4, 0.5) is 5.69 Å². The molecule has 110 valence electrons. The van der Waals surface area contributed by atoms with Crippen molar-refractivity contribution in [3.05, 3.63) is 55.9 Å². The number of hydrogen-bond acceptors (Lipinski definition) is 2. The monoisotopic (exact) mass is 407 g/mol. The van der Waals surface area contributed by atoms with Crippen LogP contribution < -0.4 is 10.1 Å². The third-order valence-corrected chi connectivity index (χ3v) is 3.74. The van der Waals surface area contributed by atoms with Gasteiger partial charge < -0.3 is 10.1 Å². The molecule has 1 N–H and O–H groups in total. The molecule has 3 nitrogen and oxygen atoms in total. The summed E-state index contributed by atoms with van der Waals surface area (Å²) in [6.07, 6.45) is 0. The molecule has 1 amide bonds. The molecule has 0 heterocycles. The van der Waals surface area contributed by atoms with Crippen LogP contribution in [-0.2, 0) is 4.79 Å². The molecular formula is C14H9BrCl3NO2. The van der Waals surface area contributed by atoms with Gasteiger partial charge in [0.25, 0.3) is 5.91 Å². The van der Waals surface area contributed by atoms with Gasteiger partial charge in [-0.25, -0.2) is 0 Å². The van der Waals surface area contributed by atoms with Crippen molar-refractivity contribution in [2.45, 2.75) is 0 Å². The Morgan fingerprint density at radius 1 is 1.14 bits per heavy atom. The molecule has 2 aromatic carbocycles. The van der Waals surface area contributed by atoms with Crippen molar-refractivity contribution in [3.63, 3.8) is 0 Å². The van der Waals surface area contributed by atoms with E-state index >= 15 is 0 Å². The first-order chi connectivity index (χ1) is 9.95. The number of carbonyl (C=O) groups is 1. The predicted molar refractivity (Wildman–Crippen MR) is 89.7 cm³/mol. The fourth-order valence-corrected chi connectivity index (χ4v) is 3.13.